The van der Waals surface area contributed by atoms with Gasteiger partial charge in [0.1, 0.15) is 17.2 Å². The topological polar surface area (TPSA) is 113 Å². The second kappa shape index (κ2) is 7.43. The first-order chi connectivity index (χ1) is 15.5. The third-order valence-electron chi connectivity index (χ3n) is 5.15. The van der Waals surface area contributed by atoms with Crippen molar-refractivity contribution in [2.24, 2.45) is 0 Å². The molecule has 0 fully saturated rings. The Morgan fingerprint density at radius 3 is 2.33 bits per heavy atom. The summed E-state index contributed by atoms with van der Waals surface area (Å²) in [6.07, 6.45) is -5.47. The van der Waals surface area contributed by atoms with Gasteiger partial charge in [0.15, 0.2) is 0 Å². The number of nitrogens with zero attached hydrogens (tertiary/aromatic N) is 1. The van der Waals surface area contributed by atoms with Gasteiger partial charge < -0.3 is 10.6 Å². The largest absolute Gasteiger partial charge is 0.425 e. The van der Waals surface area contributed by atoms with Crippen LogP contribution in [0.1, 0.15) is 21.5 Å². The Bertz CT molecular complexity index is 1410. The van der Waals surface area contributed by atoms with Crippen molar-refractivity contribution in [2.75, 3.05) is 5.32 Å². The summed E-state index contributed by atoms with van der Waals surface area (Å²) in [6, 6.07) is 9.60. The molecule has 3 N–H and O–H groups in total. The van der Waals surface area contributed by atoms with Crippen LogP contribution in [-0.2, 0) is 10.3 Å². The van der Waals surface area contributed by atoms with E-state index in [4.69, 9.17) is 0 Å². The lowest BCUT2D eigenvalue weighted by atomic mass is 9.91. The van der Waals surface area contributed by atoms with Gasteiger partial charge in [-0.25, -0.2) is 13.8 Å². The number of H-pyrrole nitrogens is 1. The van der Waals surface area contributed by atoms with Crippen LogP contribution in [0.5, 0.6) is 0 Å². The van der Waals surface area contributed by atoms with E-state index in [1.54, 1.807) is 23.3 Å². The number of amides is 2. The van der Waals surface area contributed by atoms with Crippen LogP contribution in [0.25, 0.3) is 5.69 Å². The lowest BCUT2D eigenvalue weighted by Crippen LogP contribution is -2.62. The van der Waals surface area contributed by atoms with Gasteiger partial charge in [-0.3, -0.25) is 19.4 Å². The molecule has 8 nitrogen and oxygen atoms in total. The number of carbonyl (C=O) groups excluding carboxylic acids is 2. The quantitative estimate of drug-likeness (QED) is 0.518. The zero-order valence-electron chi connectivity index (χ0n) is 16.7. The highest BCUT2D eigenvalue weighted by Gasteiger charge is 2.68. The molecule has 12 heteroatoms. The maximum absolute atomic E-state index is 14.4. The molecule has 4 rings (SSSR count). The molecule has 1 aliphatic rings. The Balaban J connectivity index is 1.97. The van der Waals surface area contributed by atoms with Crippen molar-refractivity contribution < 1.29 is 27.2 Å². The maximum Gasteiger partial charge on any atom is 0.425 e. The first kappa shape index (κ1) is 22.0. The van der Waals surface area contributed by atoms with Gasteiger partial charge in [0, 0.05) is 5.56 Å². The number of hydrogen-bond acceptors (Lipinski definition) is 4. The lowest BCUT2D eigenvalue weighted by Gasteiger charge is -2.30. The van der Waals surface area contributed by atoms with Gasteiger partial charge >= 0.3 is 11.9 Å². The molecular weight excluding hydrogens is 448 g/mol. The Kier molecular flexibility index (Phi) is 4.95. The van der Waals surface area contributed by atoms with E-state index in [9.17, 15) is 36.7 Å². The molecule has 0 radical (unpaired) electrons. The molecule has 0 saturated heterocycles. The van der Waals surface area contributed by atoms with Crippen LogP contribution in [-0.4, -0.2) is 27.5 Å². The molecule has 1 aliphatic heterocycles. The fraction of sp³-hybridized carbons (Fsp3) is 0.143. The highest BCUT2D eigenvalue weighted by Crippen LogP contribution is 2.45. The molecule has 1 aromatic heterocycles. The fourth-order valence-corrected chi connectivity index (χ4v) is 3.64. The summed E-state index contributed by atoms with van der Waals surface area (Å²) >= 11 is 0. The number of aryl methyl sites for hydroxylation is 1. The summed E-state index contributed by atoms with van der Waals surface area (Å²) in [5.41, 5.74) is -7.43. The molecular formula is C21H14F4N4O4. The first-order valence-electron chi connectivity index (χ1n) is 9.39. The third-order valence-corrected chi connectivity index (χ3v) is 5.15. The molecule has 2 amide bonds. The summed E-state index contributed by atoms with van der Waals surface area (Å²) in [6.45, 7) is 1.61. The Morgan fingerprint density at radius 2 is 1.73 bits per heavy atom. The average Bonchev–Trinajstić information content (AvgIpc) is 3.02. The van der Waals surface area contributed by atoms with Crippen molar-refractivity contribution in [1.82, 2.24) is 14.9 Å². The van der Waals surface area contributed by atoms with E-state index in [1.165, 1.54) is 18.2 Å². The van der Waals surface area contributed by atoms with Crippen molar-refractivity contribution in [1.29, 1.82) is 0 Å². The smallest absolute Gasteiger partial charge is 0.326 e. The number of benzene rings is 2. The number of hydrogen-bond donors (Lipinski definition) is 3. The molecule has 0 bridgehead atoms. The van der Waals surface area contributed by atoms with Gasteiger partial charge in [-0.15, -0.1) is 0 Å². The average molecular weight is 462 g/mol. The monoisotopic (exact) mass is 462 g/mol. The highest BCUT2D eigenvalue weighted by atomic mass is 19.4. The van der Waals surface area contributed by atoms with E-state index >= 15 is 0 Å². The normalized spacial score (nSPS) is 17.4. The predicted octanol–water partition coefficient (Wildman–Crippen LogP) is 2.11. The van der Waals surface area contributed by atoms with Crippen LogP contribution in [0.2, 0.25) is 0 Å². The van der Waals surface area contributed by atoms with E-state index < -0.39 is 52.0 Å². The Labute approximate surface area is 181 Å². The van der Waals surface area contributed by atoms with Crippen molar-refractivity contribution in [3.63, 3.8) is 0 Å². The van der Waals surface area contributed by atoms with Gasteiger partial charge in [0.2, 0.25) is 0 Å². The molecule has 2 heterocycles. The van der Waals surface area contributed by atoms with Gasteiger partial charge in [-0.1, -0.05) is 17.7 Å². The summed E-state index contributed by atoms with van der Waals surface area (Å²) in [5.74, 6) is -4.52. The number of anilines is 1. The minimum absolute atomic E-state index is 0.128. The van der Waals surface area contributed by atoms with Crippen molar-refractivity contribution >= 4 is 17.6 Å². The number of alkyl halides is 3. The van der Waals surface area contributed by atoms with E-state index in [1.807, 2.05) is 5.32 Å². The second-order valence-corrected chi connectivity index (χ2v) is 7.32. The summed E-state index contributed by atoms with van der Waals surface area (Å²) < 4.78 is 57.1. The van der Waals surface area contributed by atoms with Gasteiger partial charge in [-0.05, 0) is 43.3 Å². The number of aromatic nitrogens is 2. The lowest BCUT2D eigenvalue weighted by molar-refractivity contribution is -0.196. The molecule has 170 valence electrons. The van der Waals surface area contributed by atoms with Gasteiger partial charge in [0.05, 0.1) is 5.69 Å². The van der Waals surface area contributed by atoms with Crippen LogP contribution in [0.15, 0.2) is 58.1 Å². The van der Waals surface area contributed by atoms with E-state index in [0.717, 1.165) is 24.3 Å². The van der Waals surface area contributed by atoms with Crippen molar-refractivity contribution in [3.8, 4) is 5.69 Å². The molecule has 3 aromatic rings. The zero-order chi connectivity index (χ0) is 24.1. The molecule has 33 heavy (non-hydrogen) atoms. The third kappa shape index (κ3) is 3.39. The number of rotatable bonds is 3. The van der Waals surface area contributed by atoms with E-state index in [2.05, 4.69) is 0 Å². The van der Waals surface area contributed by atoms with Crippen LogP contribution in [0.4, 0.5) is 23.4 Å². The zero-order valence-corrected chi connectivity index (χ0v) is 16.7. The highest BCUT2D eigenvalue weighted by molar-refractivity contribution is 6.09. The first-order valence-corrected chi connectivity index (χ1v) is 9.39. The molecule has 0 spiro atoms. The minimum Gasteiger partial charge on any atom is -0.326 e. The predicted molar refractivity (Wildman–Crippen MR) is 108 cm³/mol. The Morgan fingerprint density at radius 1 is 1.06 bits per heavy atom. The summed E-state index contributed by atoms with van der Waals surface area (Å²) in [5, 5.41) is 3.56. The number of carbonyl (C=O) groups is 2. The molecule has 0 unspecified atom stereocenters. The number of fused-ring (bicyclic) bond motifs is 1. The van der Waals surface area contributed by atoms with Crippen LogP contribution in [0, 0.1) is 12.7 Å². The maximum atomic E-state index is 14.4. The standard InChI is InChI=1S/C21H14F4N4O4/c1-10-3-2-4-11(9-10)16(30)28-20(21(23,24)25)14-15(26-18(20)32)29(19(33)27-17(14)31)13-7-5-12(22)6-8-13/h2-9H,1H3,(H,26,32)(H,28,30)(H,27,31,33)/t20-/m0/s1. The van der Waals surface area contributed by atoms with Gasteiger partial charge in [-0.2, -0.15) is 13.2 Å². The van der Waals surface area contributed by atoms with Crippen molar-refractivity contribution in [2.45, 2.75) is 18.6 Å². The van der Waals surface area contributed by atoms with Crippen LogP contribution < -0.4 is 21.9 Å². The fourth-order valence-electron chi connectivity index (χ4n) is 3.64. The van der Waals surface area contributed by atoms with Crippen LogP contribution in [0.3, 0.4) is 0 Å². The number of nitrogens with one attached hydrogen (secondary N) is 3. The molecule has 2 aromatic carbocycles. The molecule has 0 saturated carbocycles. The summed E-state index contributed by atoms with van der Waals surface area (Å²) in [4.78, 5) is 52.2. The SMILES string of the molecule is Cc1cccc(C(=O)N[C@]2(C(F)(F)F)C(=O)Nc3c2c(=O)[nH]c(=O)n3-c2ccc(F)cc2)c1. The van der Waals surface area contributed by atoms with Crippen LogP contribution >= 0.6 is 0 Å². The minimum atomic E-state index is -5.47. The Hall–Kier alpha value is -4.22. The van der Waals surface area contributed by atoms with Gasteiger partial charge in [0.25, 0.3) is 22.9 Å². The number of halogens is 4. The van der Waals surface area contributed by atoms with E-state index in [0.29, 0.717) is 10.1 Å². The van der Waals surface area contributed by atoms with E-state index in [-0.39, 0.29) is 11.3 Å². The second-order valence-electron chi connectivity index (χ2n) is 7.32. The number of aromatic amines is 1. The molecule has 1 atom stereocenters. The molecule has 0 aliphatic carbocycles. The van der Waals surface area contributed by atoms with Crippen molar-refractivity contribution in [3.05, 3.63) is 91.9 Å². The summed E-state index contributed by atoms with van der Waals surface area (Å²) in [7, 11) is 0.